The van der Waals surface area contributed by atoms with E-state index < -0.39 is 5.54 Å². The van der Waals surface area contributed by atoms with Crippen LogP contribution in [0.25, 0.3) is 0 Å². The van der Waals surface area contributed by atoms with Gasteiger partial charge in [0, 0.05) is 10.0 Å². The van der Waals surface area contributed by atoms with Gasteiger partial charge in [-0.3, -0.25) is 4.99 Å². The molecule has 0 saturated heterocycles. The summed E-state index contributed by atoms with van der Waals surface area (Å²) in [6.45, 7) is 11.4. The minimum atomic E-state index is -0.472. The van der Waals surface area contributed by atoms with Crippen LogP contribution >= 0.6 is 23.2 Å². The van der Waals surface area contributed by atoms with Gasteiger partial charge in [-0.05, 0) is 72.4 Å². The molecule has 0 bridgehead atoms. The van der Waals surface area contributed by atoms with Gasteiger partial charge in [-0.2, -0.15) is 0 Å². The van der Waals surface area contributed by atoms with E-state index in [0.717, 1.165) is 28.3 Å². The summed E-state index contributed by atoms with van der Waals surface area (Å²) in [5.41, 5.74) is 3.93. The maximum absolute atomic E-state index is 6.19. The molecule has 0 aliphatic carbocycles. The summed E-state index contributed by atoms with van der Waals surface area (Å²) in [7, 11) is 0. The molecule has 0 fully saturated rings. The lowest BCUT2D eigenvalue weighted by Gasteiger charge is -2.32. The van der Waals surface area contributed by atoms with Crippen LogP contribution in [0.4, 0.5) is 0 Å². The second kappa shape index (κ2) is 9.04. The van der Waals surface area contributed by atoms with Crippen molar-refractivity contribution in [2.45, 2.75) is 51.6 Å². The van der Waals surface area contributed by atoms with Crippen molar-refractivity contribution < 1.29 is 4.74 Å². The normalized spacial score (nSPS) is 20.3. The summed E-state index contributed by atoms with van der Waals surface area (Å²) >= 11 is 12.4. The molecule has 3 nitrogen and oxygen atoms in total. The molecule has 0 amide bonds. The van der Waals surface area contributed by atoms with E-state index in [9.17, 15) is 0 Å². The van der Waals surface area contributed by atoms with Crippen molar-refractivity contribution in [2.75, 3.05) is 6.61 Å². The summed E-state index contributed by atoms with van der Waals surface area (Å²) in [6.07, 6.45) is 0. The Hall–Kier alpha value is -2.49. The third-order valence-electron chi connectivity index (χ3n) is 6.22. The number of hydrogen-bond donors (Lipinski definition) is 1. The lowest BCUT2D eigenvalue weighted by molar-refractivity contribution is 0.338. The van der Waals surface area contributed by atoms with E-state index in [1.807, 2.05) is 43.3 Å². The zero-order valence-corrected chi connectivity index (χ0v) is 21.3. The highest BCUT2D eigenvalue weighted by molar-refractivity contribution is 6.30. The van der Waals surface area contributed by atoms with Crippen molar-refractivity contribution in [3.8, 4) is 5.75 Å². The Morgan fingerprint density at radius 3 is 2.12 bits per heavy atom. The number of nitrogens with zero attached hydrogens (tertiary/aromatic N) is 1. The summed E-state index contributed by atoms with van der Waals surface area (Å²) in [6, 6.07) is 22.1. The number of benzene rings is 3. The topological polar surface area (TPSA) is 33.6 Å². The monoisotopic (exact) mass is 480 g/mol. The summed E-state index contributed by atoms with van der Waals surface area (Å²) in [4.78, 5) is 5.19. The number of ether oxygens (including phenoxy) is 1. The molecule has 1 aliphatic heterocycles. The van der Waals surface area contributed by atoms with Crippen molar-refractivity contribution in [3.05, 3.63) is 99.0 Å². The van der Waals surface area contributed by atoms with Crippen molar-refractivity contribution in [1.82, 2.24) is 5.32 Å². The molecular weight excluding hydrogens is 451 g/mol. The average Bonchev–Trinajstić information content (AvgIpc) is 3.12. The van der Waals surface area contributed by atoms with Crippen molar-refractivity contribution >= 4 is 29.0 Å². The van der Waals surface area contributed by atoms with E-state index in [4.69, 9.17) is 32.9 Å². The van der Waals surface area contributed by atoms with Crippen LogP contribution in [0.3, 0.4) is 0 Å². The lowest BCUT2D eigenvalue weighted by Crippen LogP contribution is -2.42. The molecule has 5 heteroatoms. The Morgan fingerprint density at radius 2 is 1.55 bits per heavy atom. The fourth-order valence-electron chi connectivity index (χ4n) is 4.28. The number of aliphatic imine (C=N–C) groups is 1. The molecular formula is C28H30Cl2N2O. The predicted octanol–water partition coefficient (Wildman–Crippen LogP) is 7.70. The van der Waals surface area contributed by atoms with Gasteiger partial charge in [-0.1, -0.05) is 74.3 Å². The van der Waals surface area contributed by atoms with Crippen molar-refractivity contribution in [2.24, 2.45) is 4.99 Å². The quantitative estimate of drug-likeness (QED) is 0.405. The van der Waals surface area contributed by atoms with E-state index >= 15 is 0 Å². The fourth-order valence-corrected chi connectivity index (χ4v) is 4.53. The van der Waals surface area contributed by atoms with E-state index in [-0.39, 0.29) is 11.5 Å². The number of halogens is 2. The second-order valence-electron chi connectivity index (χ2n) is 9.66. The highest BCUT2D eigenvalue weighted by Crippen LogP contribution is 2.43. The molecule has 1 aliphatic rings. The van der Waals surface area contributed by atoms with Gasteiger partial charge >= 0.3 is 0 Å². The van der Waals surface area contributed by atoms with Gasteiger partial charge in [-0.15, -0.1) is 0 Å². The van der Waals surface area contributed by atoms with Crippen LogP contribution in [0.15, 0.2) is 71.7 Å². The molecule has 2 atom stereocenters. The van der Waals surface area contributed by atoms with Crippen molar-refractivity contribution in [3.63, 3.8) is 0 Å². The van der Waals surface area contributed by atoms with Crippen LogP contribution in [-0.4, -0.2) is 12.4 Å². The summed E-state index contributed by atoms with van der Waals surface area (Å²) in [5.74, 6) is 1.66. The van der Waals surface area contributed by atoms with Gasteiger partial charge in [0.05, 0.1) is 17.7 Å². The molecule has 0 radical (unpaired) electrons. The number of rotatable bonds is 5. The lowest BCUT2D eigenvalue weighted by atomic mass is 9.82. The van der Waals surface area contributed by atoms with Crippen LogP contribution in [0.2, 0.25) is 10.0 Å². The molecule has 0 spiro atoms. The SMILES string of the molecule is CCOc1cc(C(C)(C)C)ccc1C1=N[C@@H](c2ccc(Cl)cc2)[C@](C)(c2ccc(Cl)cc2)N1. The number of amidine groups is 1. The highest BCUT2D eigenvalue weighted by atomic mass is 35.5. The molecule has 3 aromatic rings. The van der Waals surface area contributed by atoms with Crippen LogP contribution < -0.4 is 10.1 Å². The third-order valence-corrected chi connectivity index (χ3v) is 6.72. The molecule has 1 heterocycles. The first kappa shape index (κ1) is 23.7. The summed E-state index contributed by atoms with van der Waals surface area (Å²) < 4.78 is 6.08. The van der Waals surface area contributed by atoms with E-state index in [0.29, 0.717) is 16.7 Å². The number of hydrogen-bond acceptors (Lipinski definition) is 3. The first-order valence-electron chi connectivity index (χ1n) is 11.3. The molecule has 4 rings (SSSR count). The maximum Gasteiger partial charge on any atom is 0.133 e. The Morgan fingerprint density at radius 1 is 0.939 bits per heavy atom. The standard InChI is InChI=1S/C28H30Cl2N2O/c1-6-33-24-17-20(27(2,3)4)11-16-23(24)26-31-25(18-7-12-21(29)13-8-18)28(5,32-26)19-9-14-22(30)15-10-19/h7-17,25H,6H2,1-5H3,(H,31,32)/t25-,28-/m0/s1. The number of nitrogens with one attached hydrogen (secondary N) is 1. The molecule has 0 unspecified atom stereocenters. The zero-order chi connectivity index (χ0) is 23.8. The Balaban J connectivity index is 1.83. The van der Waals surface area contributed by atoms with E-state index in [1.54, 1.807) is 0 Å². The molecule has 1 N–H and O–H groups in total. The van der Waals surface area contributed by atoms with Gasteiger partial charge in [0.2, 0.25) is 0 Å². The molecule has 0 aromatic heterocycles. The van der Waals surface area contributed by atoms with Gasteiger partial charge < -0.3 is 10.1 Å². The first-order chi connectivity index (χ1) is 15.6. The van der Waals surface area contributed by atoms with Gasteiger partial charge in [0.1, 0.15) is 17.6 Å². The van der Waals surface area contributed by atoms with Crippen LogP contribution in [0, 0.1) is 0 Å². The minimum absolute atomic E-state index is 0.0267. The Bertz CT molecular complexity index is 1160. The maximum atomic E-state index is 6.19. The molecule has 0 saturated carbocycles. The van der Waals surface area contributed by atoms with Crippen molar-refractivity contribution in [1.29, 1.82) is 0 Å². The molecule has 172 valence electrons. The first-order valence-corrected chi connectivity index (χ1v) is 12.0. The van der Waals surface area contributed by atoms with Crippen LogP contribution in [0.5, 0.6) is 5.75 Å². The molecule has 33 heavy (non-hydrogen) atoms. The zero-order valence-electron chi connectivity index (χ0n) is 19.7. The average molecular weight is 481 g/mol. The van der Waals surface area contributed by atoms with Gasteiger partial charge in [-0.25, -0.2) is 0 Å². The minimum Gasteiger partial charge on any atom is -0.493 e. The second-order valence-corrected chi connectivity index (χ2v) is 10.5. The van der Waals surface area contributed by atoms with Crippen LogP contribution in [0.1, 0.15) is 62.9 Å². The van der Waals surface area contributed by atoms with E-state index in [1.165, 1.54) is 5.56 Å². The highest BCUT2D eigenvalue weighted by Gasteiger charge is 2.43. The molecule has 3 aromatic carbocycles. The largest absolute Gasteiger partial charge is 0.493 e. The van der Waals surface area contributed by atoms with Gasteiger partial charge in [0.15, 0.2) is 0 Å². The van der Waals surface area contributed by atoms with Gasteiger partial charge in [0.25, 0.3) is 0 Å². The fraction of sp³-hybridized carbons (Fsp3) is 0.321. The third kappa shape index (κ3) is 4.76. The van der Waals surface area contributed by atoms with E-state index in [2.05, 4.69) is 63.3 Å². The Labute approximate surface area is 206 Å². The predicted molar refractivity (Wildman–Crippen MR) is 139 cm³/mol. The van der Waals surface area contributed by atoms with Crippen LogP contribution in [-0.2, 0) is 11.0 Å². The Kier molecular flexibility index (Phi) is 6.48. The summed E-state index contributed by atoms with van der Waals surface area (Å²) in [5, 5.41) is 5.15. The smallest absolute Gasteiger partial charge is 0.133 e.